The second kappa shape index (κ2) is 10.3. The Bertz CT molecular complexity index is 507. The third-order valence-corrected chi connectivity index (χ3v) is 10.6. The summed E-state index contributed by atoms with van der Waals surface area (Å²) >= 11 is 0. The molecule has 0 aromatic heterocycles. The van der Waals surface area contributed by atoms with E-state index >= 15 is 0 Å². The molecule has 8 nitrogen and oxygen atoms in total. The molecule has 26 heavy (non-hydrogen) atoms. The van der Waals surface area contributed by atoms with Gasteiger partial charge in [0.15, 0.2) is 11.1 Å². The zero-order chi connectivity index (χ0) is 20.5. The van der Waals surface area contributed by atoms with Crippen molar-refractivity contribution < 1.29 is 17.7 Å². The van der Waals surface area contributed by atoms with E-state index in [1.54, 1.807) is 42.3 Å². The van der Waals surface area contributed by atoms with Gasteiger partial charge in [0, 0.05) is 28.4 Å². The van der Waals surface area contributed by atoms with E-state index in [0.29, 0.717) is 24.9 Å². The maximum atomic E-state index is 9.55. The predicted molar refractivity (Wildman–Crippen MR) is 103 cm³/mol. The molecule has 0 heterocycles. The predicted octanol–water partition coefficient (Wildman–Crippen LogP) is 3.51. The molecule has 0 aliphatic rings. The maximum Gasteiger partial charge on any atom is 0.334 e. The van der Waals surface area contributed by atoms with Crippen LogP contribution in [-0.2, 0) is 17.7 Å². The number of hydrogen-bond acceptors (Lipinski definition) is 8. The van der Waals surface area contributed by atoms with Gasteiger partial charge in [-0.25, -0.2) is 0 Å². The van der Waals surface area contributed by atoms with Crippen LogP contribution >= 0.6 is 0 Å². The van der Waals surface area contributed by atoms with Crippen LogP contribution in [0.1, 0.15) is 26.7 Å². The molecule has 0 radical (unpaired) electrons. The Labute approximate surface area is 159 Å². The fraction of sp³-hybridized carbons (Fsp3) is 0.875. The van der Waals surface area contributed by atoms with Crippen molar-refractivity contribution in [1.82, 2.24) is 0 Å². The average Bonchev–Trinajstić information content (AvgIpc) is 2.68. The topological polar surface area (TPSA) is 109 Å². The van der Waals surface area contributed by atoms with E-state index in [1.807, 2.05) is 13.1 Å². The molecule has 10 heteroatoms. The van der Waals surface area contributed by atoms with E-state index in [2.05, 4.69) is 22.4 Å². The third kappa shape index (κ3) is 7.62. The molecule has 0 amide bonds. The second-order valence-corrected chi connectivity index (χ2v) is 14.2. The Kier molecular flexibility index (Phi) is 9.80. The minimum atomic E-state index is -2.30. The quantitative estimate of drug-likeness (QED) is 0.366. The standard InChI is InChI=1S/C16H32N4O4Si2/c1-15(13-17,9-11-25(7,21-3)22-4)19-20-16(2,14-18)10-12-26(8,23-5)24-6/h9-12H2,1-8H3. The Morgan fingerprint density at radius 1 is 0.731 bits per heavy atom. The molecular formula is C16H32N4O4Si2. The summed E-state index contributed by atoms with van der Waals surface area (Å²) in [4.78, 5) is 0. The van der Waals surface area contributed by atoms with E-state index in [4.69, 9.17) is 17.7 Å². The molecule has 0 aliphatic carbocycles. The van der Waals surface area contributed by atoms with Crippen molar-refractivity contribution in [3.63, 3.8) is 0 Å². The molecule has 0 aromatic carbocycles. The first-order valence-electron chi connectivity index (χ1n) is 8.46. The molecule has 0 aromatic rings. The Hall–Kier alpha value is -1.15. The number of azo groups is 1. The smallest absolute Gasteiger partial charge is 0.334 e. The molecule has 0 rings (SSSR count). The number of nitriles is 2. The van der Waals surface area contributed by atoms with Crippen molar-refractivity contribution in [3.8, 4) is 12.1 Å². The largest absolute Gasteiger partial charge is 0.398 e. The van der Waals surface area contributed by atoms with Gasteiger partial charge in [-0.05, 0) is 51.9 Å². The number of rotatable bonds is 12. The van der Waals surface area contributed by atoms with Crippen LogP contribution in [0.2, 0.25) is 25.2 Å². The van der Waals surface area contributed by atoms with E-state index in [9.17, 15) is 10.5 Å². The van der Waals surface area contributed by atoms with Gasteiger partial charge in [-0.15, -0.1) is 0 Å². The SMILES string of the molecule is CO[Si](C)(CCC(C)(C#N)N=NC(C)(C#N)CC[Si](C)(OC)OC)OC. The summed E-state index contributed by atoms with van der Waals surface area (Å²) in [6.07, 6.45) is 0.892. The van der Waals surface area contributed by atoms with Crippen LogP contribution in [0.5, 0.6) is 0 Å². The van der Waals surface area contributed by atoms with Gasteiger partial charge in [-0.1, -0.05) is 0 Å². The van der Waals surface area contributed by atoms with Crippen molar-refractivity contribution in [3.05, 3.63) is 0 Å². The number of nitrogens with zero attached hydrogens (tertiary/aromatic N) is 4. The lowest BCUT2D eigenvalue weighted by Crippen LogP contribution is -2.39. The lowest BCUT2D eigenvalue weighted by Gasteiger charge is -2.27. The number of hydrogen-bond donors (Lipinski definition) is 0. The summed E-state index contributed by atoms with van der Waals surface area (Å²) in [5, 5.41) is 27.5. The first-order valence-corrected chi connectivity index (χ1v) is 13.5. The van der Waals surface area contributed by atoms with Crippen LogP contribution in [-0.4, -0.2) is 56.6 Å². The van der Waals surface area contributed by atoms with Gasteiger partial charge in [-0.2, -0.15) is 20.8 Å². The monoisotopic (exact) mass is 400 g/mol. The molecule has 2 unspecified atom stereocenters. The van der Waals surface area contributed by atoms with Gasteiger partial charge in [0.25, 0.3) is 0 Å². The summed E-state index contributed by atoms with van der Waals surface area (Å²) in [6.45, 7) is 7.28. The molecule has 0 saturated heterocycles. The molecular weight excluding hydrogens is 368 g/mol. The Morgan fingerprint density at radius 3 is 1.19 bits per heavy atom. The van der Waals surface area contributed by atoms with E-state index in [-0.39, 0.29) is 0 Å². The summed E-state index contributed by atoms with van der Waals surface area (Å²) in [7, 11) is 1.84. The van der Waals surface area contributed by atoms with Crippen LogP contribution in [0.25, 0.3) is 0 Å². The molecule has 0 fully saturated rings. The van der Waals surface area contributed by atoms with Gasteiger partial charge in [-0.3, -0.25) is 0 Å². The average molecular weight is 401 g/mol. The van der Waals surface area contributed by atoms with Crippen LogP contribution in [0.4, 0.5) is 0 Å². The Morgan fingerprint density at radius 2 is 1.00 bits per heavy atom. The lowest BCUT2D eigenvalue weighted by atomic mass is 10.0. The van der Waals surface area contributed by atoms with E-state index in [1.165, 1.54) is 0 Å². The van der Waals surface area contributed by atoms with Gasteiger partial charge in [0.2, 0.25) is 0 Å². The first kappa shape index (κ1) is 24.9. The zero-order valence-corrected chi connectivity index (χ0v) is 19.3. The van der Waals surface area contributed by atoms with Crippen LogP contribution in [0, 0.1) is 22.7 Å². The highest BCUT2D eigenvalue weighted by Crippen LogP contribution is 2.28. The van der Waals surface area contributed by atoms with Crippen molar-refractivity contribution in [2.75, 3.05) is 28.4 Å². The minimum Gasteiger partial charge on any atom is -0.398 e. The third-order valence-electron chi connectivity index (χ3n) is 4.83. The maximum absolute atomic E-state index is 9.55. The van der Waals surface area contributed by atoms with Crippen molar-refractivity contribution in [2.45, 2.75) is 62.9 Å². The molecule has 0 N–H and O–H groups in total. The second-order valence-electron chi connectivity index (χ2n) is 7.06. The highest BCUT2D eigenvalue weighted by Gasteiger charge is 2.37. The summed E-state index contributed by atoms with van der Waals surface area (Å²) < 4.78 is 21.8. The minimum absolute atomic E-state index is 0.446. The molecule has 0 saturated carbocycles. The van der Waals surface area contributed by atoms with Crippen molar-refractivity contribution in [1.29, 1.82) is 10.5 Å². The van der Waals surface area contributed by atoms with Gasteiger partial charge in [0.1, 0.15) is 0 Å². The van der Waals surface area contributed by atoms with Gasteiger partial charge in [0.05, 0.1) is 12.1 Å². The highest BCUT2D eigenvalue weighted by atomic mass is 28.4. The van der Waals surface area contributed by atoms with Crippen molar-refractivity contribution >= 4 is 17.1 Å². The van der Waals surface area contributed by atoms with Gasteiger partial charge >= 0.3 is 17.1 Å². The van der Waals surface area contributed by atoms with Crippen LogP contribution < -0.4 is 0 Å². The fourth-order valence-corrected chi connectivity index (χ4v) is 5.02. The molecule has 0 aliphatic heterocycles. The van der Waals surface area contributed by atoms with Crippen LogP contribution in [0.3, 0.4) is 0 Å². The summed E-state index contributed by atoms with van der Waals surface area (Å²) in [5.74, 6) is 0. The zero-order valence-electron chi connectivity index (χ0n) is 17.3. The first-order chi connectivity index (χ1) is 12.0. The molecule has 2 atom stereocenters. The van der Waals surface area contributed by atoms with Crippen LogP contribution in [0.15, 0.2) is 10.2 Å². The normalized spacial score (nSPS) is 17.3. The molecule has 0 bridgehead atoms. The lowest BCUT2D eigenvalue weighted by molar-refractivity contribution is 0.244. The molecule has 148 valence electrons. The molecule has 0 spiro atoms. The van der Waals surface area contributed by atoms with Gasteiger partial charge < -0.3 is 17.7 Å². The highest BCUT2D eigenvalue weighted by molar-refractivity contribution is 6.66. The summed E-state index contributed by atoms with van der Waals surface area (Å²) in [5.41, 5.74) is -2.07. The van der Waals surface area contributed by atoms with E-state index in [0.717, 1.165) is 0 Å². The van der Waals surface area contributed by atoms with Crippen molar-refractivity contribution in [2.24, 2.45) is 10.2 Å². The fourth-order valence-electron chi connectivity index (χ4n) is 1.99. The summed E-state index contributed by atoms with van der Waals surface area (Å²) in [6, 6.07) is 5.59. The van der Waals surface area contributed by atoms with E-state index < -0.39 is 28.2 Å². The Balaban J connectivity index is 5.17.